The van der Waals surface area contributed by atoms with Gasteiger partial charge in [-0.05, 0) is 12.1 Å². The van der Waals surface area contributed by atoms with Crippen LogP contribution in [-0.4, -0.2) is 10.7 Å². The Morgan fingerprint density at radius 1 is 0.900 bits per heavy atom. The van der Waals surface area contributed by atoms with Crippen molar-refractivity contribution in [2.45, 2.75) is 30.8 Å². The third-order valence-electron chi connectivity index (χ3n) is 3.41. The minimum atomic E-state index is -2.46. The van der Waals surface area contributed by atoms with Gasteiger partial charge >= 0.3 is 0 Å². The van der Waals surface area contributed by atoms with E-state index in [2.05, 4.69) is 32.9 Å². The molecule has 0 N–H and O–H groups in total. The van der Waals surface area contributed by atoms with Gasteiger partial charge in [-0.25, -0.2) is 0 Å². The Kier molecular flexibility index (Phi) is 4.78. The van der Waals surface area contributed by atoms with Gasteiger partial charge < -0.3 is 4.57 Å². The van der Waals surface area contributed by atoms with Crippen molar-refractivity contribution in [1.29, 1.82) is 0 Å². The summed E-state index contributed by atoms with van der Waals surface area (Å²) in [7, 11) is -2.46. The molecule has 0 aromatic heterocycles. The minimum absolute atomic E-state index is 0.226. The summed E-state index contributed by atoms with van der Waals surface area (Å²) in [4.78, 5) is 1.17. The third-order valence-corrected chi connectivity index (χ3v) is 9.29. The number of benzene rings is 2. The van der Waals surface area contributed by atoms with Crippen LogP contribution in [0.3, 0.4) is 0 Å². The van der Waals surface area contributed by atoms with E-state index in [1.165, 1.54) is 4.90 Å². The zero-order chi connectivity index (χ0) is 14.6. The second-order valence-electron chi connectivity index (χ2n) is 5.83. The van der Waals surface area contributed by atoms with E-state index < -0.39 is 7.14 Å². The van der Waals surface area contributed by atoms with Gasteiger partial charge in [0.25, 0.3) is 0 Å². The molecule has 2 aromatic carbocycles. The van der Waals surface area contributed by atoms with Crippen molar-refractivity contribution in [1.82, 2.24) is 0 Å². The fourth-order valence-electron chi connectivity index (χ4n) is 2.01. The number of thioether (sulfide) groups is 1. The van der Waals surface area contributed by atoms with Crippen LogP contribution in [0.1, 0.15) is 20.8 Å². The summed E-state index contributed by atoms with van der Waals surface area (Å²) in [6.45, 7) is 6.23. The SMILES string of the molecule is CC(C)(C)P(=O)(CSc1ccccc1)c1ccccc1. The Morgan fingerprint density at radius 3 is 1.90 bits per heavy atom. The molecule has 0 amide bonds. The maximum absolute atomic E-state index is 13.6. The number of hydrogen-bond donors (Lipinski definition) is 0. The van der Waals surface area contributed by atoms with Crippen LogP contribution in [0, 0.1) is 0 Å². The van der Waals surface area contributed by atoms with Gasteiger partial charge in [-0.3, -0.25) is 0 Å². The molecule has 0 saturated carbocycles. The summed E-state index contributed by atoms with van der Waals surface area (Å²) in [5.74, 6) is 0. The molecule has 0 bridgehead atoms. The summed E-state index contributed by atoms with van der Waals surface area (Å²) in [5, 5.41) is 0.756. The summed E-state index contributed by atoms with van der Waals surface area (Å²) in [6.07, 6.45) is 0. The van der Waals surface area contributed by atoms with E-state index in [9.17, 15) is 4.57 Å². The molecule has 1 nitrogen and oxygen atoms in total. The lowest BCUT2D eigenvalue weighted by Gasteiger charge is -2.31. The fourth-order valence-corrected chi connectivity index (χ4v) is 7.25. The minimum Gasteiger partial charge on any atom is -0.317 e. The highest BCUT2D eigenvalue weighted by Crippen LogP contribution is 2.59. The zero-order valence-corrected chi connectivity index (χ0v) is 14.0. The van der Waals surface area contributed by atoms with E-state index in [0.29, 0.717) is 5.49 Å². The molecule has 1 atom stereocenters. The van der Waals surface area contributed by atoms with Crippen LogP contribution in [0.4, 0.5) is 0 Å². The van der Waals surface area contributed by atoms with Gasteiger partial charge in [0.1, 0.15) is 7.14 Å². The van der Waals surface area contributed by atoms with Crippen LogP contribution < -0.4 is 5.30 Å². The van der Waals surface area contributed by atoms with Crippen LogP contribution in [-0.2, 0) is 4.57 Å². The van der Waals surface area contributed by atoms with Crippen molar-refractivity contribution in [2.24, 2.45) is 0 Å². The Morgan fingerprint density at radius 2 is 1.40 bits per heavy atom. The van der Waals surface area contributed by atoms with E-state index in [4.69, 9.17) is 0 Å². The molecule has 0 aliphatic carbocycles. The maximum atomic E-state index is 13.6. The predicted octanol–water partition coefficient (Wildman–Crippen LogP) is 5.22. The van der Waals surface area contributed by atoms with E-state index in [1.54, 1.807) is 11.8 Å². The molecule has 0 heterocycles. The Hall–Kier alpha value is -0.980. The van der Waals surface area contributed by atoms with Crippen LogP contribution >= 0.6 is 18.9 Å². The molecule has 0 aliphatic heterocycles. The summed E-state index contributed by atoms with van der Waals surface area (Å²) in [5.41, 5.74) is 0.643. The van der Waals surface area contributed by atoms with Crippen molar-refractivity contribution >= 4 is 24.2 Å². The average Bonchev–Trinajstić information content (AvgIpc) is 2.45. The molecule has 0 aliphatic rings. The molecule has 0 spiro atoms. The Labute approximate surface area is 126 Å². The molecule has 20 heavy (non-hydrogen) atoms. The van der Waals surface area contributed by atoms with Gasteiger partial charge in [0.05, 0.1) is 5.49 Å². The van der Waals surface area contributed by atoms with Gasteiger partial charge in [0.2, 0.25) is 0 Å². The van der Waals surface area contributed by atoms with Crippen LogP contribution in [0.5, 0.6) is 0 Å². The molecule has 2 rings (SSSR count). The quantitative estimate of drug-likeness (QED) is 0.569. The largest absolute Gasteiger partial charge is 0.317 e. The number of hydrogen-bond acceptors (Lipinski definition) is 2. The van der Waals surface area contributed by atoms with Crippen LogP contribution in [0.2, 0.25) is 0 Å². The molecule has 2 aromatic rings. The predicted molar refractivity (Wildman–Crippen MR) is 90.6 cm³/mol. The highest BCUT2D eigenvalue weighted by Gasteiger charge is 2.37. The second kappa shape index (κ2) is 6.20. The maximum Gasteiger partial charge on any atom is 0.130 e. The average molecular weight is 304 g/mol. The van der Waals surface area contributed by atoms with E-state index >= 15 is 0 Å². The first kappa shape index (κ1) is 15.4. The summed E-state index contributed by atoms with van der Waals surface area (Å²) >= 11 is 1.69. The highest BCUT2D eigenvalue weighted by atomic mass is 32.2. The van der Waals surface area contributed by atoms with E-state index in [1.807, 2.05) is 48.5 Å². The van der Waals surface area contributed by atoms with E-state index in [-0.39, 0.29) is 5.16 Å². The molecule has 0 saturated heterocycles. The number of rotatable bonds is 4. The van der Waals surface area contributed by atoms with Crippen molar-refractivity contribution in [3.63, 3.8) is 0 Å². The lowest BCUT2D eigenvalue weighted by molar-refractivity contribution is 0.560. The van der Waals surface area contributed by atoms with Gasteiger partial charge in [0.15, 0.2) is 0 Å². The summed E-state index contributed by atoms with van der Waals surface area (Å²) < 4.78 is 13.6. The topological polar surface area (TPSA) is 17.1 Å². The Balaban J connectivity index is 2.28. The molecule has 0 fully saturated rings. The highest BCUT2D eigenvalue weighted by molar-refractivity contribution is 8.06. The van der Waals surface area contributed by atoms with Gasteiger partial charge in [-0.15, -0.1) is 11.8 Å². The first-order valence-corrected chi connectivity index (χ1v) is 9.64. The first-order chi connectivity index (χ1) is 9.43. The van der Waals surface area contributed by atoms with Gasteiger partial charge in [-0.1, -0.05) is 69.3 Å². The van der Waals surface area contributed by atoms with Crippen molar-refractivity contribution in [3.8, 4) is 0 Å². The van der Waals surface area contributed by atoms with Crippen molar-refractivity contribution in [2.75, 3.05) is 5.49 Å². The second-order valence-corrected chi connectivity index (χ2v) is 11.0. The van der Waals surface area contributed by atoms with Crippen molar-refractivity contribution < 1.29 is 4.57 Å². The van der Waals surface area contributed by atoms with Gasteiger partial charge in [0, 0.05) is 15.4 Å². The van der Waals surface area contributed by atoms with Crippen molar-refractivity contribution in [3.05, 3.63) is 60.7 Å². The molecule has 0 radical (unpaired) electrons. The standard InChI is InChI=1S/C17H21OPS/c1-17(2,3)19(18,15-10-6-4-7-11-15)14-20-16-12-8-5-9-13-16/h4-13H,14H2,1-3H3. The lowest BCUT2D eigenvalue weighted by Crippen LogP contribution is -2.24. The molecule has 1 unspecified atom stereocenters. The molecule has 106 valence electrons. The molecular weight excluding hydrogens is 283 g/mol. The normalized spacial score (nSPS) is 14.8. The monoisotopic (exact) mass is 304 g/mol. The van der Waals surface area contributed by atoms with E-state index in [0.717, 1.165) is 5.30 Å². The smallest absolute Gasteiger partial charge is 0.130 e. The van der Waals surface area contributed by atoms with Crippen LogP contribution in [0.25, 0.3) is 0 Å². The summed E-state index contributed by atoms with van der Waals surface area (Å²) in [6, 6.07) is 20.1. The van der Waals surface area contributed by atoms with Gasteiger partial charge in [-0.2, -0.15) is 0 Å². The molecule has 3 heteroatoms. The lowest BCUT2D eigenvalue weighted by atomic mass is 10.3. The van der Waals surface area contributed by atoms with Crippen LogP contribution in [0.15, 0.2) is 65.6 Å². The zero-order valence-electron chi connectivity index (χ0n) is 12.2. The first-order valence-electron chi connectivity index (χ1n) is 6.76. The fraction of sp³-hybridized carbons (Fsp3) is 0.294. The molecular formula is C17H21OPS. The third kappa shape index (κ3) is 3.37. The Bertz CT molecular complexity index is 587.